The van der Waals surface area contributed by atoms with Crippen LogP contribution in [0.5, 0.6) is 11.5 Å². The number of rotatable bonds is 1. The molecule has 1 aromatic carbocycles. The minimum Gasteiger partial charge on any atom is -0.504 e. The predicted molar refractivity (Wildman–Crippen MR) is 86.1 cm³/mol. The first kappa shape index (κ1) is 14.4. The van der Waals surface area contributed by atoms with Gasteiger partial charge in [0.25, 0.3) is 0 Å². The summed E-state index contributed by atoms with van der Waals surface area (Å²) in [6, 6.07) is 3.32. The van der Waals surface area contributed by atoms with Crippen LogP contribution in [0.15, 0.2) is 17.2 Å². The number of aromatic hydroxyl groups is 1. The van der Waals surface area contributed by atoms with E-state index in [-0.39, 0.29) is 17.8 Å². The van der Waals surface area contributed by atoms with Gasteiger partial charge >= 0.3 is 0 Å². The van der Waals surface area contributed by atoms with Gasteiger partial charge in [0, 0.05) is 16.5 Å². The average Bonchev–Trinajstić information content (AvgIpc) is 2.91. The largest absolute Gasteiger partial charge is 0.504 e. The number of ether oxygens (including phenoxy) is 1. The molecule has 0 unspecified atom stereocenters. The van der Waals surface area contributed by atoms with Crippen molar-refractivity contribution in [2.24, 2.45) is 5.11 Å². The van der Waals surface area contributed by atoms with Crippen molar-refractivity contribution in [1.29, 1.82) is 0 Å². The average molecular weight is 328 g/mol. The summed E-state index contributed by atoms with van der Waals surface area (Å²) in [6.45, 7) is 0.852. The normalized spacial score (nSPS) is 42.0. The number of phenolic OH excluding ortho intramolecular Hbond substituents is 1. The number of hydrogen-bond acceptors (Lipinski definition) is 5. The van der Waals surface area contributed by atoms with Gasteiger partial charge in [0.15, 0.2) is 11.5 Å². The Morgan fingerprint density at radius 2 is 2.25 bits per heavy atom. The number of phenols is 1. The molecule has 7 heteroatoms. The molecule has 1 saturated heterocycles. The van der Waals surface area contributed by atoms with Gasteiger partial charge in [0.1, 0.15) is 6.10 Å². The summed E-state index contributed by atoms with van der Waals surface area (Å²) in [6.07, 6.45) is 2.26. The number of likely N-dealkylation sites (N-methyl/N-ethyl adjacent to an activating group) is 1. The van der Waals surface area contributed by atoms with Crippen molar-refractivity contribution < 1.29 is 14.9 Å². The van der Waals surface area contributed by atoms with Gasteiger partial charge in [0.05, 0.1) is 17.1 Å². The Morgan fingerprint density at radius 1 is 1.42 bits per heavy atom. The van der Waals surface area contributed by atoms with Crippen molar-refractivity contribution in [3.63, 3.8) is 0 Å². The molecule has 7 nitrogen and oxygen atoms in total. The molecule has 0 amide bonds. The molecule has 2 fully saturated rings. The summed E-state index contributed by atoms with van der Waals surface area (Å²) in [4.78, 5) is 5.24. The highest BCUT2D eigenvalue weighted by atomic mass is 16.5. The lowest BCUT2D eigenvalue weighted by atomic mass is 9.48. The molecule has 126 valence electrons. The predicted octanol–water partition coefficient (Wildman–Crippen LogP) is 1.85. The highest BCUT2D eigenvalue weighted by molar-refractivity contribution is 5.62. The minimum atomic E-state index is -0.918. The van der Waals surface area contributed by atoms with E-state index in [0.717, 1.165) is 30.5 Å². The first-order chi connectivity index (χ1) is 11.5. The van der Waals surface area contributed by atoms with E-state index in [9.17, 15) is 10.2 Å². The number of benzene rings is 1. The van der Waals surface area contributed by atoms with Gasteiger partial charge < -0.3 is 19.8 Å². The first-order valence-electron chi connectivity index (χ1n) is 8.52. The maximum atomic E-state index is 11.8. The molecule has 24 heavy (non-hydrogen) atoms. The van der Waals surface area contributed by atoms with Crippen LogP contribution >= 0.6 is 0 Å². The third kappa shape index (κ3) is 1.36. The molecule has 2 aliphatic heterocycles. The van der Waals surface area contributed by atoms with E-state index in [2.05, 4.69) is 22.0 Å². The molecule has 5 rings (SSSR count). The van der Waals surface area contributed by atoms with Crippen LogP contribution in [0.4, 0.5) is 0 Å². The van der Waals surface area contributed by atoms with Crippen molar-refractivity contribution in [3.05, 3.63) is 33.7 Å². The van der Waals surface area contributed by atoms with Crippen molar-refractivity contribution in [3.8, 4) is 11.5 Å². The molecule has 2 bridgehead atoms. The first-order valence-corrected chi connectivity index (χ1v) is 8.52. The van der Waals surface area contributed by atoms with Crippen LogP contribution in [-0.2, 0) is 11.8 Å². The quantitative estimate of drug-likeness (QED) is 0.466. The SMILES string of the molecule is CN1CC[C@]23c4c5ccc(O)c4O[C@H]2[C@H](N=[N+]=[N-])CC[C@@]3(O)[C@H]1C5. The maximum absolute atomic E-state index is 11.8. The Morgan fingerprint density at radius 3 is 3.04 bits per heavy atom. The fourth-order valence-corrected chi connectivity index (χ4v) is 5.91. The summed E-state index contributed by atoms with van der Waals surface area (Å²) in [5.41, 5.74) is 9.53. The van der Waals surface area contributed by atoms with E-state index in [1.165, 1.54) is 0 Å². The number of likely N-dealkylation sites (tertiary alicyclic amines) is 1. The molecule has 2 aliphatic carbocycles. The zero-order chi connectivity index (χ0) is 16.7. The summed E-state index contributed by atoms with van der Waals surface area (Å²) >= 11 is 0. The van der Waals surface area contributed by atoms with E-state index in [4.69, 9.17) is 10.3 Å². The third-order valence-corrected chi connectivity index (χ3v) is 6.90. The Balaban J connectivity index is 1.82. The van der Waals surface area contributed by atoms with Gasteiger partial charge in [-0.1, -0.05) is 11.2 Å². The Bertz CT molecular complexity index is 792. The van der Waals surface area contributed by atoms with Gasteiger partial charge in [-0.25, -0.2) is 0 Å². The standard InChI is InChI=1S/C17H20N4O3/c1-21-7-6-16-13-9-2-3-11(22)14(13)24-15(16)10(19-20-18)4-5-17(16,23)12(21)8-9/h2-3,10,12,15,22-23H,4-8H2,1H3/t10-,12-,15+,16+,17-/m1/s1. The van der Waals surface area contributed by atoms with Crippen LogP contribution < -0.4 is 4.74 Å². The van der Waals surface area contributed by atoms with Gasteiger partial charge in [0.2, 0.25) is 0 Å². The molecule has 0 aromatic heterocycles. The highest BCUT2D eigenvalue weighted by Crippen LogP contribution is 2.65. The molecule has 2 heterocycles. The van der Waals surface area contributed by atoms with Crippen molar-refractivity contribution in [2.45, 2.75) is 54.9 Å². The van der Waals surface area contributed by atoms with Gasteiger partial charge in [-0.05, 0) is 56.4 Å². The molecule has 4 aliphatic rings. The van der Waals surface area contributed by atoms with Gasteiger partial charge in [-0.2, -0.15) is 0 Å². The van der Waals surface area contributed by atoms with E-state index in [1.54, 1.807) is 6.07 Å². The molecular formula is C17H20N4O3. The van der Waals surface area contributed by atoms with Crippen LogP contribution in [0.3, 0.4) is 0 Å². The summed E-state index contributed by atoms with van der Waals surface area (Å²) in [7, 11) is 2.06. The highest BCUT2D eigenvalue weighted by Gasteiger charge is 2.72. The van der Waals surface area contributed by atoms with Gasteiger partial charge in [-0.3, -0.25) is 0 Å². The third-order valence-electron chi connectivity index (χ3n) is 6.90. The molecular weight excluding hydrogens is 308 g/mol. The number of nitrogens with zero attached hydrogens (tertiary/aromatic N) is 4. The second kappa shape index (κ2) is 4.36. The molecule has 1 spiro atoms. The van der Waals surface area contributed by atoms with E-state index < -0.39 is 17.1 Å². The van der Waals surface area contributed by atoms with Crippen molar-refractivity contribution in [1.82, 2.24) is 4.90 Å². The second-order valence-electron chi connectivity index (χ2n) is 7.64. The number of aliphatic hydroxyl groups is 1. The van der Waals surface area contributed by atoms with E-state index >= 15 is 0 Å². The molecule has 2 N–H and O–H groups in total. The number of hydrogen-bond donors (Lipinski definition) is 2. The molecule has 0 radical (unpaired) electrons. The molecule has 1 saturated carbocycles. The zero-order valence-corrected chi connectivity index (χ0v) is 13.5. The van der Waals surface area contributed by atoms with Crippen LogP contribution in [-0.4, -0.2) is 52.5 Å². The fourth-order valence-electron chi connectivity index (χ4n) is 5.91. The molecule has 1 aromatic rings. The molecule has 5 atom stereocenters. The summed E-state index contributed by atoms with van der Waals surface area (Å²) < 4.78 is 6.18. The van der Waals surface area contributed by atoms with Gasteiger partial charge in [-0.15, -0.1) is 0 Å². The lowest BCUT2D eigenvalue weighted by molar-refractivity contribution is -0.184. The Labute approximate surface area is 139 Å². The topological polar surface area (TPSA) is 102 Å². The lowest BCUT2D eigenvalue weighted by Crippen LogP contribution is -2.76. The number of piperidine rings is 1. The monoisotopic (exact) mass is 328 g/mol. The summed E-state index contributed by atoms with van der Waals surface area (Å²) in [5.74, 6) is 0.593. The van der Waals surface area contributed by atoms with Crippen molar-refractivity contribution >= 4 is 0 Å². The zero-order valence-electron chi connectivity index (χ0n) is 13.5. The van der Waals surface area contributed by atoms with Crippen LogP contribution in [0.2, 0.25) is 0 Å². The van der Waals surface area contributed by atoms with Crippen molar-refractivity contribution in [2.75, 3.05) is 13.6 Å². The lowest BCUT2D eigenvalue weighted by Gasteiger charge is -2.63. The van der Waals surface area contributed by atoms with Crippen LogP contribution in [0.1, 0.15) is 30.4 Å². The summed E-state index contributed by atoms with van der Waals surface area (Å²) in [5, 5.41) is 26.1. The Hall–Kier alpha value is -1.95. The Kier molecular flexibility index (Phi) is 2.62. The van der Waals surface area contributed by atoms with Crippen LogP contribution in [0.25, 0.3) is 10.4 Å². The maximum Gasteiger partial charge on any atom is 0.165 e. The number of azide groups is 1. The second-order valence-corrected chi connectivity index (χ2v) is 7.64. The van der Waals surface area contributed by atoms with E-state index in [1.807, 2.05) is 6.07 Å². The minimum absolute atomic E-state index is 0.0207. The van der Waals surface area contributed by atoms with Crippen LogP contribution in [0, 0.1) is 0 Å². The fraction of sp³-hybridized carbons (Fsp3) is 0.647. The van der Waals surface area contributed by atoms with E-state index in [0.29, 0.717) is 18.6 Å². The smallest absolute Gasteiger partial charge is 0.165 e.